The van der Waals surface area contributed by atoms with Crippen LogP contribution < -0.4 is 0 Å². The van der Waals surface area contributed by atoms with Crippen molar-refractivity contribution in [1.29, 1.82) is 0 Å². The summed E-state index contributed by atoms with van der Waals surface area (Å²) in [5, 5.41) is 0. The first-order valence-corrected chi connectivity index (χ1v) is 8.14. The minimum Gasteiger partial charge on any atom is -0.300 e. The molecule has 0 fully saturated rings. The fraction of sp³-hybridized carbons (Fsp3) is 0.150. The first-order chi connectivity index (χ1) is 13.3. The van der Waals surface area contributed by atoms with Gasteiger partial charge in [-0.05, 0) is 31.2 Å². The summed E-state index contributed by atoms with van der Waals surface area (Å²) in [6.45, 7) is 0.934. The van der Waals surface area contributed by atoms with Gasteiger partial charge in [0.05, 0.1) is 12.1 Å². The van der Waals surface area contributed by atoms with Crippen LogP contribution in [-0.4, -0.2) is 32.7 Å². The van der Waals surface area contributed by atoms with Crippen LogP contribution in [0.15, 0.2) is 67.4 Å². The van der Waals surface area contributed by atoms with Crippen LogP contribution in [0.25, 0.3) is 22.4 Å². The number of carbonyl (C=O) groups is 2. The van der Waals surface area contributed by atoms with E-state index in [1.165, 1.54) is 0 Å². The predicted octanol–water partition coefficient (Wildman–Crippen LogP) is 4.30. The second-order valence-electron chi connectivity index (χ2n) is 5.68. The normalized spacial score (nSPS) is 10.2. The molecule has 0 spiro atoms. The predicted molar refractivity (Wildman–Crippen MR) is 97.1 cm³/mol. The SMILES string of the molecule is CC(=O)CC(=O)C(F)(F)F.[Eu].c1cncc(-c2cccnc2-c2cccnc2)c1. The van der Waals surface area contributed by atoms with Crippen LogP contribution in [0.4, 0.5) is 13.2 Å². The summed E-state index contributed by atoms with van der Waals surface area (Å²) < 4.78 is 33.9. The third-order valence-corrected chi connectivity index (χ3v) is 3.44. The van der Waals surface area contributed by atoms with Crippen LogP contribution >= 0.6 is 0 Å². The monoisotopic (exact) mass is 540 g/mol. The quantitative estimate of drug-likeness (QED) is 0.463. The zero-order chi connectivity index (χ0) is 20.6. The molecule has 1 radical (unpaired) electrons. The molecule has 5 nitrogen and oxygen atoms in total. The molecule has 29 heavy (non-hydrogen) atoms. The van der Waals surface area contributed by atoms with E-state index in [-0.39, 0.29) is 49.4 Å². The van der Waals surface area contributed by atoms with E-state index in [1.54, 1.807) is 18.6 Å². The Morgan fingerprint density at radius 1 is 0.897 bits per heavy atom. The number of hydrogen-bond acceptors (Lipinski definition) is 5. The molecule has 3 aromatic rings. The van der Waals surface area contributed by atoms with Gasteiger partial charge >= 0.3 is 6.18 Å². The number of ketones is 2. The maximum absolute atomic E-state index is 11.3. The maximum atomic E-state index is 11.3. The number of pyridine rings is 3. The van der Waals surface area contributed by atoms with Gasteiger partial charge in [-0.2, -0.15) is 13.2 Å². The molecular weight excluding hydrogens is 523 g/mol. The van der Waals surface area contributed by atoms with Crippen molar-refractivity contribution in [2.75, 3.05) is 0 Å². The Morgan fingerprint density at radius 3 is 1.90 bits per heavy atom. The molecule has 0 saturated heterocycles. The average Bonchev–Trinajstić information content (AvgIpc) is 2.69. The van der Waals surface area contributed by atoms with E-state index in [0.717, 1.165) is 29.3 Å². The fourth-order valence-corrected chi connectivity index (χ4v) is 2.22. The van der Waals surface area contributed by atoms with Crippen molar-refractivity contribution in [1.82, 2.24) is 15.0 Å². The van der Waals surface area contributed by atoms with Gasteiger partial charge in [-0.1, -0.05) is 12.1 Å². The van der Waals surface area contributed by atoms with Crippen LogP contribution in [0.5, 0.6) is 0 Å². The minimum atomic E-state index is -4.87. The van der Waals surface area contributed by atoms with E-state index in [4.69, 9.17) is 0 Å². The first kappa shape index (κ1) is 25.2. The molecule has 0 saturated carbocycles. The Hall–Kier alpha value is -1.84. The molecule has 3 aromatic heterocycles. The van der Waals surface area contributed by atoms with Gasteiger partial charge in [-0.25, -0.2) is 0 Å². The fourth-order valence-electron chi connectivity index (χ4n) is 2.22. The van der Waals surface area contributed by atoms with Crippen LogP contribution in [0.2, 0.25) is 0 Å². The summed E-state index contributed by atoms with van der Waals surface area (Å²) >= 11 is 0. The van der Waals surface area contributed by atoms with E-state index in [0.29, 0.717) is 0 Å². The minimum absolute atomic E-state index is 0. The van der Waals surface area contributed by atoms with Crippen molar-refractivity contribution in [3.63, 3.8) is 0 Å². The molecule has 0 amide bonds. The molecule has 0 aliphatic carbocycles. The maximum Gasteiger partial charge on any atom is 0.450 e. The standard InChI is InChI=1S/C15H11N3.C5H5F3O2.Eu/c1-4-12(10-16-7-1)14-6-3-9-18-15(14)13-5-2-8-17-11-13;1-3(9)2-4(10)5(6,7)8;/h1-11H;2H2,1H3;. The summed E-state index contributed by atoms with van der Waals surface area (Å²) in [5.74, 6) is -2.76. The Morgan fingerprint density at radius 2 is 1.45 bits per heavy atom. The topological polar surface area (TPSA) is 72.8 Å². The molecule has 0 unspecified atom stereocenters. The smallest absolute Gasteiger partial charge is 0.300 e. The molecule has 0 bridgehead atoms. The Bertz CT molecular complexity index is 878. The summed E-state index contributed by atoms with van der Waals surface area (Å²) in [6, 6.07) is 11.9. The largest absolute Gasteiger partial charge is 0.450 e. The number of hydrogen-bond donors (Lipinski definition) is 0. The van der Waals surface area contributed by atoms with Gasteiger partial charge < -0.3 is 0 Å². The molecule has 0 aromatic carbocycles. The second-order valence-corrected chi connectivity index (χ2v) is 5.68. The van der Waals surface area contributed by atoms with E-state index in [9.17, 15) is 22.8 Å². The molecule has 0 aliphatic heterocycles. The molecule has 151 valence electrons. The number of nitrogens with zero attached hydrogens (tertiary/aromatic N) is 3. The number of aromatic nitrogens is 3. The zero-order valence-corrected chi connectivity index (χ0v) is 17.7. The van der Waals surface area contributed by atoms with Crippen molar-refractivity contribution in [2.24, 2.45) is 0 Å². The van der Waals surface area contributed by atoms with E-state index in [2.05, 4.69) is 15.0 Å². The number of Topliss-reactive ketones (excluding diaryl/α,β-unsaturated/α-hetero) is 2. The summed E-state index contributed by atoms with van der Waals surface area (Å²) in [6.07, 6.45) is 3.07. The Kier molecular flexibility index (Phi) is 10.4. The third kappa shape index (κ3) is 8.20. The van der Waals surface area contributed by atoms with Crippen molar-refractivity contribution in [2.45, 2.75) is 19.5 Å². The van der Waals surface area contributed by atoms with Crippen LogP contribution in [0.1, 0.15) is 13.3 Å². The van der Waals surface area contributed by atoms with Crippen LogP contribution in [0, 0.1) is 49.4 Å². The Balaban J connectivity index is 0.000000332. The number of rotatable bonds is 4. The molecule has 9 heteroatoms. The number of alkyl halides is 3. The van der Waals surface area contributed by atoms with Gasteiger partial charge in [-0.15, -0.1) is 0 Å². The summed E-state index contributed by atoms with van der Waals surface area (Å²) in [4.78, 5) is 32.7. The molecule has 3 heterocycles. The molecule has 0 N–H and O–H groups in total. The zero-order valence-electron chi connectivity index (χ0n) is 15.2. The third-order valence-electron chi connectivity index (χ3n) is 3.44. The molecule has 0 atom stereocenters. The van der Waals surface area contributed by atoms with Gasteiger partial charge in [0.1, 0.15) is 5.78 Å². The van der Waals surface area contributed by atoms with E-state index < -0.39 is 24.2 Å². The van der Waals surface area contributed by atoms with Gasteiger partial charge in [0.2, 0.25) is 5.78 Å². The van der Waals surface area contributed by atoms with Crippen molar-refractivity contribution < 1.29 is 72.1 Å². The first-order valence-electron chi connectivity index (χ1n) is 8.14. The van der Waals surface area contributed by atoms with Crippen LogP contribution in [0.3, 0.4) is 0 Å². The van der Waals surface area contributed by atoms with Gasteiger partial charge in [-0.3, -0.25) is 24.5 Å². The van der Waals surface area contributed by atoms with E-state index >= 15 is 0 Å². The summed E-state index contributed by atoms with van der Waals surface area (Å²) in [5.41, 5.74) is 4.07. The molecule has 0 aliphatic rings. The second kappa shape index (κ2) is 12.0. The van der Waals surface area contributed by atoms with Crippen molar-refractivity contribution in [3.05, 3.63) is 67.4 Å². The van der Waals surface area contributed by atoms with Gasteiger partial charge in [0, 0.05) is 97.1 Å². The van der Waals surface area contributed by atoms with Crippen molar-refractivity contribution in [3.8, 4) is 22.4 Å². The van der Waals surface area contributed by atoms with E-state index in [1.807, 2.05) is 48.8 Å². The van der Waals surface area contributed by atoms with Gasteiger partial charge in [0.25, 0.3) is 0 Å². The number of halogens is 3. The van der Waals surface area contributed by atoms with Gasteiger partial charge in [0.15, 0.2) is 0 Å². The van der Waals surface area contributed by atoms with Crippen LogP contribution in [-0.2, 0) is 9.59 Å². The molecule has 3 rings (SSSR count). The molecular formula is C20H16EuF3N3O2. The van der Waals surface area contributed by atoms with Crippen molar-refractivity contribution >= 4 is 11.6 Å². The average molecular weight is 539 g/mol. The Labute approximate surface area is 206 Å². The number of carbonyl (C=O) groups excluding carboxylic acids is 2. The summed E-state index contributed by atoms with van der Waals surface area (Å²) in [7, 11) is 0.